The van der Waals surface area contributed by atoms with Gasteiger partial charge in [-0.1, -0.05) is 36.4 Å². The normalized spacial score (nSPS) is 11.1. The smallest absolute Gasteiger partial charge is 0.337 e. The Kier molecular flexibility index (Phi) is 4.72. The van der Waals surface area contributed by atoms with E-state index in [0.29, 0.717) is 0 Å². The van der Waals surface area contributed by atoms with Crippen molar-refractivity contribution in [3.8, 4) is 0 Å². The number of esters is 1. The lowest BCUT2D eigenvalue weighted by Crippen LogP contribution is -2.23. The number of sulfonamides is 1. The van der Waals surface area contributed by atoms with Crippen LogP contribution in [0.2, 0.25) is 0 Å². The monoisotopic (exact) mass is 305 g/mol. The first-order valence-corrected chi connectivity index (χ1v) is 7.73. The molecule has 110 valence electrons. The van der Waals surface area contributed by atoms with Gasteiger partial charge in [-0.05, 0) is 23.8 Å². The second-order valence-electron chi connectivity index (χ2n) is 4.33. The molecule has 0 aliphatic rings. The number of nitrogens with one attached hydrogen (secondary N) is 1. The summed E-state index contributed by atoms with van der Waals surface area (Å²) in [5.41, 5.74) is 1.05. The Balaban J connectivity index is 2.18. The molecule has 0 saturated carbocycles. The second kappa shape index (κ2) is 6.51. The molecule has 1 N–H and O–H groups in total. The summed E-state index contributed by atoms with van der Waals surface area (Å²) in [6.45, 7) is 0.186. The largest absolute Gasteiger partial charge is 0.465 e. The van der Waals surface area contributed by atoms with Gasteiger partial charge < -0.3 is 4.74 Å². The first kappa shape index (κ1) is 15.2. The summed E-state index contributed by atoms with van der Waals surface area (Å²) in [5, 5.41) is 0. The molecule has 6 heteroatoms. The predicted molar refractivity (Wildman–Crippen MR) is 78.2 cm³/mol. The standard InChI is InChI=1S/C15H15NO4S/c1-20-15(17)13-8-5-9-14(10-13)21(18,19)16-11-12-6-3-2-4-7-12/h2-10,16H,11H2,1H3. The van der Waals surface area contributed by atoms with Crippen molar-refractivity contribution in [2.24, 2.45) is 0 Å². The lowest BCUT2D eigenvalue weighted by molar-refractivity contribution is 0.0600. The highest BCUT2D eigenvalue weighted by molar-refractivity contribution is 7.89. The molecule has 0 aromatic heterocycles. The summed E-state index contributed by atoms with van der Waals surface area (Å²) in [7, 11) is -2.43. The molecule has 0 heterocycles. The number of carbonyl (C=O) groups is 1. The van der Waals surface area contributed by atoms with E-state index in [0.717, 1.165) is 5.56 Å². The minimum atomic E-state index is -3.68. The van der Waals surface area contributed by atoms with Crippen LogP contribution in [0.3, 0.4) is 0 Å². The SMILES string of the molecule is COC(=O)c1cccc(S(=O)(=O)NCc2ccccc2)c1. The van der Waals surface area contributed by atoms with Gasteiger partial charge in [-0.3, -0.25) is 0 Å². The molecule has 21 heavy (non-hydrogen) atoms. The van der Waals surface area contributed by atoms with Crippen molar-refractivity contribution in [2.45, 2.75) is 11.4 Å². The molecule has 0 saturated heterocycles. The van der Waals surface area contributed by atoms with Gasteiger partial charge in [0.05, 0.1) is 17.6 Å². The molecule has 5 nitrogen and oxygen atoms in total. The molecule has 2 rings (SSSR count). The van der Waals surface area contributed by atoms with E-state index in [1.165, 1.54) is 31.4 Å². The quantitative estimate of drug-likeness (QED) is 0.857. The molecule has 0 bridgehead atoms. The van der Waals surface area contributed by atoms with E-state index >= 15 is 0 Å². The fourth-order valence-corrected chi connectivity index (χ4v) is 2.83. The van der Waals surface area contributed by atoms with Gasteiger partial charge in [0, 0.05) is 6.54 Å². The fraction of sp³-hybridized carbons (Fsp3) is 0.133. The van der Waals surface area contributed by atoms with Crippen LogP contribution in [0.5, 0.6) is 0 Å². The molecule has 0 atom stereocenters. The molecular formula is C15H15NO4S. The molecule has 0 aliphatic heterocycles. The Labute approximate surface area is 123 Å². The van der Waals surface area contributed by atoms with E-state index in [1.807, 2.05) is 30.3 Å². The molecule has 2 aromatic carbocycles. The number of rotatable bonds is 5. The lowest BCUT2D eigenvalue weighted by atomic mass is 10.2. The first-order chi connectivity index (χ1) is 10.0. The molecule has 2 aromatic rings. The summed E-state index contributed by atoms with van der Waals surface area (Å²) in [6.07, 6.45) is 0. The van der Waals surface area contributed by atoms with Gasteiger partial charge in [-0.15, -0.1) is 0 Å². The van der Waals surface area contributed by atoms with Crippen LogP contribution in [-0.2, 0) is 21.3 Å². The van der Waals surface area contributed by atoms with E-state index in [9.17, 15) is 13.2 Å². The third kappa shape index (κ3) is 3.90. The minimum absolute atomic E-state index is 0.0290. The molecule has 0 amide bonds. The van der Waals surface area contributed by atoms with Gasteiger partial charge in [0.2, 0.25) is 10.0 Å². The van der Waals surface area contributed by atoms with Crippen LogP contribution in [0.25, 0.3) is 0 Å². The van der Waals surface area contributed by atoms with E-state index < -0.39 is 16.0 Å². The molecule has 0 unspecified atom stereocenters. The molecular weight excluding hydrogens is 290 g/mol. The number of benzene rings is 2. The third-order valence-electron chi connectivity index (χ3n) is 2.87. The highest BCUT2D eigenvalue weighted by Crippen LogP contribution is 2.13. The Morgan fingerprint density at radius 3 is 2.48 bits per heavy atom. The van der Waals surface area contributed by atoms with Crippen LogP contribution in [0, 0.1) is 0 Å². The Morgan fingerprint density at radius 2 is 1.81 bits per heavy atom. The van der Waals surface area contributed by atoms with Crippen molar-refractivity contribution < 1.29 is 17.9 Å². The van der Waals surface area contributed by atoms with Crippen molar-refractivity contribution in [1.29, 1.82) is 0 Å². The summed E-state index contributed by atoms with van der Waals surface area (Å²) in [6, 6.07) is 14.9. The number of ether oxygens (including phenoxy) is 1. The van der Waals surface area contributed by atoms with Gasteiger partial charge in [0.25, 0.3) is 0 Å². The minimum Gasteiger partial charge on any atom is -0.465 e. The Morgan fingerprint density at radius 1 is 1.10 bits per heavy atom. The zero-order valence-electron chi connectivity index (χ0n) is 11.4. The maximum absolute atomic E-state index is 12.2. The second-order valence-corrected chi connectivity index (χ2v) is 6.10. The summed E-state index contributed by atoms with van der Waals surface area (Å²) >= 11 is 0. The maximum Gasteiger partial charge on any atom is 0.337 e. The summed E-state index contributed by atoms with van der Waals surface area (Å²) in [5.74, 6) is -0.574. The van der Waals surface area contributed by atoms with E-state index in [4.69, 9.17) is 0 Å². The Bertz CT molecular complexity index is 726. The topological polar surface area (TPSA) is 72.5 Å². The zero-order valence-corrected chi connectivity index (χ0v) is 12.3. The first-order valence-electron chi connectivity index (χ1n) is 6.25. The van der Waals surface area contributed by atoms with Crippen molar-refractivity contribution in [2.75, 3.05) is 7.11 Å². The molecule has 0 fully saturated rings. The number of carbonyl (C=O) groups excluding carboxylic acids is 1. The average molecular weight is 305 g/mol. The van der Waals surface area contributed by atoms with Crippen molar-refractivity contribution in [1.82, 2.24) is 4.72 Å². The van der Waals surface area contributed by atoms with E-state index in [2.05, 4.69) is 9.46 Å². The Hall–Kier alpha value is -2.18. The summed E-state index contributed by atoms with van der Waals surface area (Å²) < 4.78 is 31.5. The van der Waals surface area contributed by atoms with Crippen LogP contribution in [-0.4, -0.2) is 21.5 Å². The van der Waals surface area contributed by atoms with E-state index in [1.54, 1.807) is 0 Å². The third-order valence-corrected chi connectivity index (χ3v) is 4.27. The van der Waals surface area contributed by atoms with Crippen LogP contribution < -0.4 is 4.72 Å². The van der Waals surface area contributed by atoms with Crippen LogP contribution in [0.15, 0.2) is 59.5 Å². The van der Waals surface area contributed by atoms with Crippen LogP contribution in [0.1, 0.15) is 15.9 Å². The van der Waals surface area contributed by atoms with Crippen LogP contribution in [0.4, 0.5) is 0 Å². The number of hydrogen-bond donors (Lipinski definition) is 1. The van der Waals surface area contributed by atoms with Crippen molar-refractivity contribution >= 4 is 16.0 Å². The highest BCUT2D eigenvalue weighted by atomic mass is 32.2. The number of hydrogen-bond acceptors (Lipinski definition) is 4. The van der Waals surface area contributed by atoms with Gasteiger partial charge in [-0.25, -0.2) is 17.9 Å². The molecule has 0 aliphatic carbocycles. The van der Waals surface area contributed by atoms with Gasteiger partial charge in [0.1, 0.15) is 0 Å². The van der Waals surface area contributed by atoms with E-state index in [-0.39, 0.29) is 17.0 Å². The van der Waals surface area contributed by atoms with Gasteiger partial charge >= 0.3 is 5.97 Å². The fourth-order valence-electron chi connectivity index (χ4n) is 1.77. The van der Waals surface area contributed by atoms with Crippen LogP contribution >= 0.6 is 0 Å². The predicted octanol–water partition coefficient (Wildman–Crippen LogP) is 1.95. The van der Waals surface area contributed by atoms with Gasteiger partial charge in [0.15, 0.2) is 0 Å². The maximum atomic E-state index is 12.2. The highest BCUT2D eigenvalue weighted by Gasteiger charge is 2.16. The van der Waals surface area contributed by atoms with Crippen molar-refractivity contribution in [3.05, 3.63) is 65.7 Å². The molecule has 0 spiro atoms. The average Bonchev–Trinajstić information content (AvgIpc) is 2.53. The zero-order chi connectivity index (χ0) is 15.3. The summed E-state index contributed by atoms with van der Waals surface area (Å²) in [4.78, 5) is 11.5. The molecule has 0 radical (unpaired) electrons. The lowest BCUT2D eigenvalue weighted by Gasteiger charge is -2.08. The van der Waals surface area contributed by atoms with Crippen molar-refractivity contribution in [3.63, 3.8) is 0 Å². The number of methoxy groups -OCH3 is 1. The van der Waals surface area contributed by atoms with Gasteiger partial charge in [-0.2, -0.15) is 0 Å².